The van der Waals surface area contributed by atoms with Crippen LogP contribution in [0.1, 0.15) is 19.8 Å². The van der Waals surface area contributed by atoms with Gasteiger partial charge in [-0.25, -0.2) is 4.39 Å². The van der Waals surface area contributed by atoms with E-state index in [4.69, 9.17) is 0 Å². The molecule has 9 heavy (non-hydrogen) atoms. The zero-order valence-corrected chi connectivity index (χ0v) is 5.60. The lowest BCUT2D eigenvalue weighted by molar-refractivity contribution is -0.150. The third-order valence-corrected chi connectivity index (χ3v) is 4.09. The normalized spacial score (nSPS) is 75.3. The minimum Gasteiger partial charge on any atom is -0.247 e. The SMILES string of the molecule is CC12C3CC3C1C[C@@H]2F. The number of hydrogen-bond donors (Lipinski definition) is 0. The summed E-state index contributed by atoms with van der Waals surface area (Å²) in [4.78, 5) is 0. The highest BCUT2D eigenvalue weighted by Gasteiger charge is 2.77. The summed E-state index contributed by atoms with van der Waals surface area (Å²) in [5.41, 5.74) is 0.185. The molecule has 0 spiro atoms. The van der Waals surface area contributed by atoms with Gasteiger partial charge in [0.15, 0.2) is 0 Å². The minimum absolute atomic E-state index is 0.185. The van der Waals surface area contributed by atoms with Crippen molar-refractivity contribution in [3.05, 3.63) is 0 Å². The lowest BCUT2D eigenvalue weighted by atomic mass is 9.48. The van der Waals surface area contributed by atoms with E-state index in [0.717, 1.165) is 24.2 Å². The van der Waals surface area contributed by atoms with Gasteiger partial charge in [-0.3, -0.25) is 0 Å². The molecule has 0 aromatic heterocycles. The smallest absolute Gasteiger partial charge is 0.106 e. The molecule has 3 fully saturated rings. The van der Waals surface area contributed by atoms with Crippen molar-refractivity contribution < 1.29 is 4.39 Å². The molecule has 4 unspecified atom stereocenters. The molecule has 3 rings (SSSR count). The Morgan fingerprint density at radius 3 is 2.44 bits per heavy atom. The first-order valence-corrected chi connectivity index (χ1v) is 3.88. The Morgan fingerprint density at radius 2 is 2.00 bits per heavy atom. The van der Waals surface area contributed by atoms with E-state index < -0.39 is 6.17 Å². The van der Waals surface area contributed by atoms with Gasteiger partial charge >= 0.3 is 0 Å². The van der Waals surface area contributed by atoms with Gasteiger partial charge in [-0.2, -0.15) is 0 Å². The molecule has 0 aromatic rings. The summed E-state index contributed by atoms with van der Waals surface area (Å²) in [6.45, 7) is 2.14. The predicted octanol–water partition coefficient (Wildman–Crippen LogP) is 2.00. The molecule has 3 saturated carbocycles. The first kappa shape index (κ1) is 4.70. The van der Waals surface area contributed by atoms with Crippen LogP contribution in [0.2, 0.25) is 0 Å². The van der Waals surface area contributed by atoms with E-state index in [1.165, 1.54) is 6.42 Å². The largest absolute Gasteiger partial charge is 0.247 e. The third-order valence-electron chi connectivity index (χ3n) is 4.09. The lowest BCUT2D eigenvalue weighted by Crippen LogP contribution is -2.58. The summed E-state index contributed by atoms with van der Waals surface area (Å²) < 4.78 is 12.9. The number of hydrogen-bond acceptors (Lipinski definition) is 0. The maximum Gasteiger partial charge on any atom is 0.106 e. The molecule has 0 amide bonds. The topological polar surface area (TPSA) is 0 Å². The van der Waals surface area contributed by atoms with Gasteiger partial charge in [-0.05, 0) is 30.6 Å². The second-order valence-electron chi connectivity index (χ2n) is 4.18. The highest BCUT2D eigenvalue weighted by atomic mass is 19.1. The van der Waals surface area contributed by atoms with Crippen molar-refractivity contribution in [1.82, 2.24) is 0 Å². The van der Waals surface area contributed by atoms with Crippen LogP contribution >= 0.6 is 0 Å². The van der Waals surface area contributed by atoms with Crippen LogP contribution < -0.4 is 0 Å². The van der Waals surface area contributed by atoms with E-state index in [2.05, 4.69) is 6.92 Å². The van der Waals surface area contributed by atoms with Crippen molar-refractivity contribution in [3.8, 4) is 0 Å². The van der Waals surface area contributed by atoms with Gasteiger partial charge in [0.2, 0.25) is 0 Å². The molecule has 0 N–H and O–H groups in total. The molecule has 0 radical (unpaired) electrons. The van der Waals surface area contributed by atoms with Gasteiger partial charge in [0.05, 0.1) is 0 Å². The quantitative estimate of drug-likeness (QED) is 0.465. The summed E-state index contributed by atoms with van der Waals surface area (Å²) in [6, 6.07) is 0. The summed E-state index contributed by atoms with van der Waals surface area (Å²) in [5, 5.41) is 0. The molecule has 3 aliphatic rings. The molecular formula is C8H11F. The van der Waals surface area contributed by atoms with Crippen molar-refractivity contribution >= 4 is 0 Å². The van der Waals surface area contributed by atoms with Crippen molar-refractivity contribution in [3.63, 3.8) is 0 Å². The number of halogens is 1. The monoisotopic (exact) mass is 126 g/mol. The summed E-state index contributed by atoms with van der Waals surface area (Å²) >= 11 is 0. The molecule has 0 saturated heterocycles. The Labute approximate surface area is 54.4 Å². The molecule has 0 bridgehead atoms. The lowest BCUT2D eigenvalue weighted by Gasteiger charge is -2.58. The van der Waals surface area contributed by atoms with E-state index in [1.54, 1.807) is 0 Å². The van der Waals surface area contributed by atoms with Gasteiger partial charge in [0.1, 0.15) is 6.17 Å². The highest BCUT2D eigenvalue weighted by Crippen LogP contribution is 2.79. The molecule has 1 heteroatoms. The second-order valence-corrected chi connectivity index (χ2v) is 4.18. The van der Waals surface area contributed by atoms with E-state index in [9.17, 15) is 4.39 Å². The van der Waals surface area contributed by atoms with Gasteiger partial charge in [-0.1, -0.05) is 6.92 Å². The van der Waals surface area contributed by atoms with Crippen LogP contribution in [0.3, 0.4) is 0 Å². The van der Waals surface area contributed by atoms with E-state index in [0.29, 0.717) is 0 Å². The minimum atomic E-state index is -0.439. The van der Waals surface area contributed by atoms with E-state index in [1.807, 2.05) is 0 Å². The number of alkyl halides is 1. The van der Waals surface area contributed by atoms with Crippen LogP contribution in [0.5, 0.6) is 0 Å². The Balaban J connectivity index is 1.97. The predicted molar refractivity (Wildman–Crippen MR) is 32.7 cm³/mol. The number of rotatable bonds is 0. The van der Waals surface area contributed by atoms with Crippen LogP contribution in [-0.2, 0) is 0 Å². The van der Waals surface area contributed by atoms with Gasteiger partial charge in [0, 0.05) is 5.41 Å². The van der Waals surface area contributed by atoms with Crippen molar-refractivity contribution in [1.29, 1.82) is 0 Å². The molecule has 0 aliphatic heterocycles. The van der Waals surface area contributed by atoms with Crippen LogP contribution in [0.4, 0.5) is 4.39 Å². The molecule has 3 aliphatic carbocycles. The average molecular weight is 126 g/mol. The number of fused-ring (bicyclic) bond motifs is 4. The highest BCUT2D eigenvalue weighted by molar-refractivity contribution is 5.24. The zero-order chi connectivity index (χ0) is 6.22. The molecule has 0 aromatic carbocycles. The van der Waals surface area contributed by atoms with Gasteiger partial charge < -0.3 is 0 Å². The Morgan fingerprint density at radius 1 is 1.33 bits per heavy atom. The van der Waals surface area contributed by atoms with Crippen LogP contribution in [0.25, 0.3) is 0 Å². The third kappa shape index (κ3) is 0.274. The van der Waals surface area contributed by atoms with E-state index in [-0.39, 0.29) is 5.41 Å². The fourth-order valence-corrected chi connectivity index (χ4v) is 3.20. The first-order valence-electron chi connectivity index (χ1n) is 3.88. The molecule has 5 atom stereocenters. The van der Waals surface area contributed by atoms with Crippen LogP contribution in [0.15, 0.2) is 0 Å². The fourth-order valence-electron chi connectivity index (χ4n) is 3.20. The standard InChI is InChI=1S/C8H11F/c1-8-5-2-4(5)6(8)3-7(8)9/h4-7H,2-3H2,1H3/t4?,5?,6?,7-,8?/m0/s1. The molecule has 50 valence electrons. The Hall–Kier alpha value is -0.0700. The second kappa shape index (κ2) is 0.959. The van der Waals surface area contributed by atoms with Gasteiger partial charge in [-0.15, -0.1) is 0 Å². The fraction of sp³-hybridized carbons (Fsp3) is 1.00. The molecule has 0 heterocycles. The maximum atomic E-state index is 12.9. The van der Waals surface area contributed by atoms with Crippen molar-refractivity contribution in [2.45, 2.75) is 25.9 Å². The Kier molecular flexibility index (Phi) is 0.501. The van der Waals surface area contributed by atoms with E-state index >= 15 is 0 Å². The summed E-state index contributed by atoms with van der Waals surface area (Å²) in [6.07, 6.45) is 1.80. The molecular weight excluding hydrogens is 115 g/mol. The van der Waals surface area contributed by atoms with Crippen LogP contribution in [-0.4, -0.2) is 6.17 Å². The first-order chi connectivity index (χ1) is 4.24. The molecule has 0 nitrogen and oxygen atoms in total. The zero-order valence-electron chi connectivity index (χ0n) is 5.60. The maximum absolute atomic E-state index is 12.9. The Bertz CT molecular complexity index is 173. The van der Waals surface area contributed by atoms with Crippen molar-refractivity contribution in [2.24, 2.45) is 23.2 Å². The van der Waals surface area contributed by atoms with Crippen molar-refractivity contribution in [2.75, 3.05) is 0 Å². The van der Waals surface area contributed by atoms with Crippen LogP contribution in [0, 0.1) is 23.2 Å². The van der Waals surface area contributed by atoms with Gasteiger partial charge in [0.25, 0.3) is 0 Å². The average Bonchev–Trinajstić information content (AvgIpc) is 2.57. The summed E-state index contributed by atoms with van der Waals surface area (Å²) in [7, 11) is 0. The summed E-state index contributed by atoms with van der Waals surface area (Å²) in [5.74, 6) is 2.59.